The predicted octanol–water partition coefficient (Wildman–Crippen LogP) is 3.19. The Morgan fingerprint density at radius 1 is 1.11 bits per heavy atom. The van der Waals surface area contributed by atoms with E-state index in [4.69, 9.17) is 14.0 Å². The Labute approximate surface area is 200 Å². The predicted molar refractivity (Wildman–Crippen MR) is 126 cm³/mol. The Balaban J connectivity index is 1.44. The van der Waals surface area contributed by atoms with Crippen LogP contribution in [0.4, 0.5) is 0 Å². The lowest BCUT2D eigenvalue weighted by atomic mass is 10.2. The molecule has 5 rings (SSSR count). The van der Waals surface area contributed by atoms with Gasteiger partial charge in [0.15, 0.2) is 17.1 Å². The van der Waals surface area contributed by atoms with Crippen LogP contribution in [0.25, 0.3) is 27.9 Å². The molecule has 5 aromatic rings. The van der Waals surface area contributed by atoms with Gasteiger partial charge in [0.2, 0.25) is 11.7 Å². The normalized spacial score (nSPS) is 11.3. The third-order valence-electron chi connectivity index (χ3n) is 5.28. The van der Waals surface area contributed by atoms with E-state index in [9.17, 15) is 4.79 Å². The zero-order valence-corrected chi connectivity index (χ0v) is 19.3. The summed E-state index contributed by atoms with van der Waals surface area (Å²) in [6, 6.07) is 12.9. The number of hydrogen-bond acceptors (Lipinski definition) is 9. The molecule has 1 N–H and O–H groups in total. The lowest BCUT2D eigenvalue weighted by molar-refractivity contribution is 0.0953. The fourth-order valence-corrected chi connectivity index (χ4v) is 3.57. The summed E-state index contributed by atoms with van der Waals surface area (Å²) in [5.74, 6) is 1.23. The number of fused-ring (bicyclic) bond motifs is 3. The first-order valence-corrected chi connectivity index (χ1v) is 11.1. The average molecular weight is 473 g/mol. The molecule has 0 aliphatic carbocycles. The van der Waals surface area contributed by atoms with Gasteiger partial charge in [-0.25, -0.2) is 0 Å². The summed E-state index contributed by atoms with van der Waals surface area (Å²) in [6.45, 7) is 3.08. The Kier molecular flexibility index (Phi) is 6.31. The number of ether oxygens (including phenoxy) is 2. The monoisotopic (exact) mass is 473 g/mol. The van der Waals surface area contributed by atoms with Crippen molar-refractivity contribution in [3.63, 3.8) is 0 Å². The first kappa shape index (κ1) is 22.4. The zero-order valence-electron chi connectivity index (χ0n) is 19.3. The summed E-state index contributed by atoms with van der Waals surface area (Å²) in [5.41, 5.74) is 2.21. The van der Waals surface area contributed by atoms with Crippen LogP contribution in [0.2, 0.25) is 0 Å². The summed E-state index contributed by atoms with van der Waals surface area (Å²) >= 11 is 0. The number of methoxy groups -OCH3 is 1. The number of rotatable bonds is 9. The van der Waals surface area contributed by atoms with E-state index in [2.05, 4.69) is 30.8 Å². The van der Waals surface area contributed by atoms with Crippen molar-refractivity contribution in [2.75, 3.05) is 13.7 Å². The Morgan fingerprint density at radius 3 is 2.74 bits per heavy atom. The molecule has 0 spiro atoms. The number of aromatic nitrogens is 6. The van der Waals surface area contributed by atoms with Gasteiger partial charge in [-0.15, -0.1) is 15.3 Å². The molecule has 4 aromatic heterocycles. The molecule has 0 aliphatic heterocycles. The summed E-state index contributed by atoms with van der Waals surface area (Å²) < 4.78 is 18.0. The van der Waals surface area contributed by atoms with Crippen LogP contribution in [0.5, 0.6) is 5.88 Å². The van der Waals surface area contributed by atoms with E-state index >= 15 is 0 Å². The smallest absolute Gasteiger partial charge is 0.252 e. The second kappa shape index (κ2) is 9.85. The lowest BCUT2D eigenvalue weighted by Crippen LogP contribution is -2.24. The maximum absolute atomic E-state index is 12.1. The molecule has 0 unspecified atom stereocenters. The standard InChI is InChI=1S/C24H23N7O4/c1-3-10-25-23(32)15-8-9-16(26-12-15)13-34-24-19-7-5-4-6-18(19)21-27-28-22(31(21)29-24)20-11-17(14-33-2)35-30-20/h4-9,11-12H,3,10,13-14H2,1-2H3,(H,25,32). The highest BCUT2D eigenvalue weighted by Gasteiger charge is 2.19. The molecule has 35 heavy (non-hydrogen) atoms. The summed E-state index contributed by atoms with van der Waals surface area (Å²) in [4.78, 5) is 16.5. The molecule has 178 valence electrons. The van der Waals surface area contributed by atoms with Crippen molar-refractivity contribution in [1.29, 1.82) is 0 Å². The highest BCUT2D eigenvalue weighted by molar-refractivity contribution is 5.97. The Hall–Kier alpha value is -4.38. The second-order valence-corrected chi connectivity index (χ2v) is 7.80. The first-order chi connectivity index (χ1) is 17.2. The number of carbonyl (C=O) groups excluding carboxylic acids is 1. The van der Waals surface area contributed by atoms with Crippen LogP contribution in [-0.2, 0) is 18.0 Å². The Bertz CT molecular complexity index is 1480. The molecule has 0 saturated carbocycles. The molecular formula is C24H23N7O4. The van der Waals surface area contributed by atoms with Crippen LogP contribution >= 0.6 is 0 Å². The fraction of sp³-hybridized carbons (Fsp3) is 0.250. The molecule has 4 heterocycles. The van der Waals surface area contributed by atoms with Crippen molar-refractivity contribution in [3.8, 4) is 17.4 Å². The van der Waals surface area contributed by atoms with Gasteiger partial charge < -0.3 is 19.3 Å². The van der Waals surface area contributed by atoms with E-state index in [1.165, 1.54) is 0 Å². The van der Waals surface area contributed by atoms with Gasteiger partial charge in [-0.3, -0.25) is 9.78 Å². The molecular weight excluding hydrogens is 450 g/mol. The SMILES string of the molecule is CCCNC(=O)c1ccc(COc2nn3c(-c4cc(COC)on4)nnc3c3ccccc23)nc1. The van der Waals surface area contributed by atoms with Gasteiger partial charge in [0.25, 0.3) is 5.91 Å². The molecule has 0 fully saturated rings. The van der Waals surface area contributed by atoms with E-state index in [1.54, 1.807) is 36.0 Å². The van der Waals surface area contributed by atoms with E-state index in [0.717, 1.165) is 17.2 Å². The number of benzene rings is 1. The number of hydrogen-bond donors (Lipinski definition) is 1. The number of nitrogens with zero attached hydrogens (tertiary/aromatic N) is 6. The fourth-order valence-electron chi connectivity index (χ4n) is 3.57. The van der Waals surface area contributed by atoms with Gasteiger partial charge in [-0.2, -0.15) is 4.52 Å². The van der Waals surface area contributed by atoms with Crippen LogP contribution < -0.4 is 10.1 Å². The maximum atomic E-state index is 12.1. The molecule has 1 aromatic carbocycles. The topological polar surface area (TPSA) is 130 Å². The second-order valence-electron chi connectivity index (χ2n) is 7.80. The van der Waals surface area contributed by atoms with Crippen molar-refractivity contribution < 1.29 is 18.8 Å². The summed E-state index contributed by atoms with van der Waals surface area (Å²) in [6.07, 6.45) is 2.41. The maximum Gasteiger partial charge on any atom is 0.252 e. The number of amides is 1. The van der Waals surface area contributed by atoms with E-state index < -0.39 is 0 Å². The summed E-state index contributed by atoms with van der Waals surface area (Å²) in [7, 11) is 1.58. The molecule has 0 saturated heterocycles. The molecule has 0 radical (unpaired) electrons. The molecule has 11 nitrogen and oxygen atoms in total. The zero-order chi connectivity index (χ0) is 24.2. The van der Waals surface area contributed by atoms with Crippen molar-refractivity contribution in [1.82, 2.24) is 35.3 Å². The van der Waals surface area contributed by atoms with Crippen LogP contribution in [0.15, 0.2) is 53.2 Å². The third-order valence-corrected chi connectivity index (χ3v) is 5.28. The van der Waals surface area contributed by atoms with Crippen LogP contribution in [0.3, 0.4) is 0 Å². The van der Waals surface area contributed by atoms with E-state index in [-0.39, 0.29) is 12.5 Å². The van der Waals surface area contributed by atoms with Gasteiger partial charge in [-0.1, -0.05) is 30.3 Å². The van der Waals surface area contributed by atoms with E-state index in [0.29, 0.717) is 53.2 Å². The van der Waals surface area contributed by atoms with Gasteiger partial charge >= 0.3 is 0 Å². The quantitative estimate of drug-likeness (QED) is 0.343. The largest absolute Gasteiger partial charge is 0.470 e. The molecule has 0 atom stereocenters. The van der Waals surface area contributed by atoms with Gasteiger partial charge in [0.1, 0.15) is 13.2 Å². The summed E-state index contributed by atoms with van der Waals surface area (Å²) in [5, 5.41) is 21.8. The third kappa shape index (κ3) is 4.53. The van der Waals surface area contributed by atoms with Crippen molar-refractivity contribution in [3.05, 3.63) is 65.7 Å². The lowest BCUT2D eigenvalue weighted by Gasteiger charge is -2.10. The minimum absolute atomic E-state index is 0.147. The highest BCUT2D eigenvalue weighted by Crippen LogP contribution is 2.29. The van der Waals surface area contributed by atoms with Crippen molar-refractivity contribution in [2.24, 2.45) is 0 Å². The minimum atomic E-state index is -0.147. The van der Waals surface area contributed by atoms with Crippen molar-refractivity contribution >= 4 is 22.3 Å². The van der Waals surface area contributed by atoms with E-state index in [1.807, 2.05) is 31.2 Å². The molecule has 11 heteroatoms. The number of nitrogens with one attached hydrogen (secondary N) is 1. The average Bonchev–Trinajstić information content (AvgIpc) is 3.53. The minimum Gasteiger partial charge on any atom is -0.470 e. The number of carbonyl (C=O) groups is 1. The van der Waals surface area contributed by atoms with Crippen LogP contribution in [0, 0.1) is 0 Å². The van der Waals surface area contributed by atoms with Gasteiger partial charge in [-0.05, 0) is 24.6 Å². The van der Waals surface area contributed by atoms with Gasteiger partial charge in [0, 0.05) is 36.7 Å². The van der Waals surface area contributed by atoms with Crippen LogP contribution in [-0.4, -0.2) is 49.5 Å². The molecule has 1 amide bonds. The molecule has 0 aliphatic rings. The highest BCUT2D eigenvalue weighted by atomic mass is 16.5. The van der Waals surface area contributed by atoms with Crippen molar-refractivity contribution in [2.45, 2.75) is 26.6 Å². The van der Waals surface area contributed by atoms with Crippen LogP contribution in [0.1, 0.15) is 35.2 Å². The number of pyridine rings is 1. The van der Waals surface area contributed by atoms with Gasteiger partial charge in [0.05, 0.1) is 11.3 Å². The molecule has 0 bridgehead atoms. The first-order valence-electron chi connectivity index (χ1n) is 11.1. The Morgan fingerprint density at radius 2 is 1.97 bits per heavy atom.